The Hall–Kier alpha value is -0.0800. The van der Waals surface area contributed by atoms with Gasteiger partial charge in [-0.05, 0) is 63.6 Å². The molecule has 2 heteroatoms. The summed E-state index contributed by atoms with van der Waals surface area (Å²) in [5, 5.41) is 3.72. The second-order valence-corrected chi connectivity index (χ2v) is 5.89. The molecular weight excluding hydrogens is 196 g/mol. The van der Waals surface area contributed by atoms with Crippen molar-refractivity contribution in [2.45, 2.75) is 46.1 Å². The van der Waals surface area contributed by atoms with Crippen molar-refractivity contribution < 1.29 is 0 Å². The average molecular weight is 224 g/mol. The van der Waals surface area contributed by atoms with Crippen molar-refractivity contribution in [1.29, 1.82) is 0 Å². The van der Waals surface area contributed by atoms with Crippen LogP contribution in [0.25, 0.3) is 0 Å². The summed E-state index contributed by atoms with van der Waals surface area (Å²) in [6, 6.07) is 0.650. The first-order valence-electron chi connectivity index (χ1n) is 7.18. The zero-order valence-electron chi connectivity index (χ0n) is 11.2. The van der Waals surface area contributed by atoms with E-state index in [4.69, 9.17) is 0 Å². The Morgan fingerprint density at radius 2 is 1.75 bits per heavy atom. The Kier molecular flexibility index (Phi) is 4.26. The monoisotopic (exact) mass is 224 g/mol. The van der Waals surface area contributed by atoms with Gasteiger partial charge in [0.25, 0.3) is 0 Å². The SMILES string of the molecule is CCN(CC)CC(C)NCC1CC2CC2C1. The smallest absolute Gasteiger partial charge is 0.0166 e. The Morgan fingerprint density at radius 3 is 2.31 bits per heavy atom. The fourth-order valence-corrected chi connectivity index (χ4v) is 3.31. The quantitative estimate of drug-likeness (QED) is 0.714. The second-order valence-electron chi connectivity index (χ2n) is 5.89. The molecule has 0 heterocycles. The number of nitrogens with zero attached hydrogens (tertiary/aromatic N) is 1. The molecule has 2 nitrogen and oxygen atoms in total. The van der Waals surface area contributed by atoms with Crippen LogP contribution in [-0.2, 0) is 0 Å². The van der Waals surface area contributed by atoms with E-state index < -0.39 is 0 Å². The summed E-state index contributed by atoms with van der Waals surface area (Å²) in [5.41, 5.74) is 0. The van der Waals surface area contributed by atoms with Crippen LogP contribution in [0.3, 0.4) is 0 Å². The lowest BCUT2D eigenvalue weighted by atomic mass is 10.0. The third kappa shape index (κ3) is 3.21. The molecule has 0 bridgehead atoms. The van der Waals surface area contributed by atoms with Gasteiger partial charge in [0.1, 0.15) is 0 Å². The van der Waals surface area contributed by atoms with Gasteiger partial charge >= 0.3 is 0 Å². The van der Waals surface area contributed by atoms with Crippen LogP contribution < -0.4 is 5.32 Å². The van der Waals surface area contributed by atoms with Crippen LogP contribution in [0.15, 0.2) is 0 Å². The Balaban J connectivity index is 1.58. The maximum Gasteiger partial charge on any atom is 0.0166 e. The normalized spacial score (nSPS) is 34.1. The predicted octanol–water partition coefficient (Wildman–Crippen LogP) is 2.35. The third-order valence-electron chi connectivity index (χ3n) is 4.52. The molecule has 2 aliphatic rings. The van der Waals surface area contributed by atoms with Gasteiger partial charge in [0, 0.05) is 12.6 Å². The molecule has 0 saturated heterocycles. The molecule has 0 spiro atoms. The molecule has 94 valence electrons. The Bertz CT molecular complexity index is 203. The van der Waals surface area contributed by atoms with E-state index in [0.717, 1.165) is 17.8 Å². The zero-order valence-corrected chi connectivity index (χ0v) is 11.2. The minimum atomic E-state index is 0.650. The average Bonchev–Trinajstić information content (AvgIpc) is 2.91. The fourth-order valence-electron chi connectivity index (χ4n) is 3.31. The maximum absolute atomic E-state index is 3.72. The molecule has 1 N–H and O–H groups in total. The highest BCUT2D eigenvalue weighted by molar-refractivity contribution is 4.96. The van der Waals surface area contributed by atoms with Gasteiger partial charge in [-0.2, -0.15) is 0 Å². The Morgan fingerprint density at radius 1 is 1.12 bits per heavy atom. The van der Waals surface area contributed by atoms with Crippen LogP contribution in [-0.4, -0.2) is 37.1 Å². The van der Waals surface area contributed by atoms with Gasteiger partial charge < -0.3 is 10.2 Å². The highest BCUT2D eigenvalue weighted by Crippen LogP contribution is 2.54. The first kappa shape index (κ1) is 12.4. The van der Waals surface area contributed by atoms with E-state index in [9.17, 15) is 0 Å². The highest BCUT2D eigenvalue weighted by atomic mass is 15.1. The summed E-state index contributed by atoms with van der Waals surface area (Å²) < 4.78 is 0. The lowest BCUT2D eigenvalue weighted by molar-refractivity contribution is 0.264. The molecule has 0 aromatic carbocycles. The van der Waals surface area contributed by atoms with Crippen LogP contribution in [0.5, 0.6) is 0 Å². The molecule has 2 rings (SSSR count). The molecular formula is C14H28N2. The van der Waals surface area contributed by atoms with E-state index in [1.54, 1.807) is 6.42 Å². The number of fused-ring (bicyclic) bond motifs is 1. The molecule has 3 atom stereocenters. The van der Waals surface area contributed by atoms with Crippen molar-refractivity contribution in [2.24, 2.45) is 17.8 Å². The largest absolute Gasteiger partial charge is 0.313 e. The van der Waals surface area contributed by atoms with Crippen LogP contribution in [0.1, 0.15) is 40.0 Å². The van der Waals surface area contributed by atoms with Crippen LogP contribution in [0, 0.1) is 17.8 Å². The lowest BCUT2D eigenvalue weighted by Crippen LogP contribution is -2.40. The van der Waals surface area contributed by atoms with Gasteiger partial charge in [-0.3, -0.25) is 0 Å². The van der Waals surface area contributed by atoms with Gasteiger partial charge in [-0.25, -0.2) is 0 Å². The number of hydrogen-bond donors (Lipinski definition) is 1. The van der Waals surface area contributed by atoms with Crippen molar-refractivity contribution >= 4 is 0 Å². The molecule has 3 unspecified atom stereocenters. The fraction of sp³-hybridized carbons (Fsp3) is 1.00. The Labute approximate surface area is 101 Å². The van der Waals surface area contributed by atoms with E-state index >= 15 is 0 Å². The summed E-state index contributed by atoms with van der Waals surface area (Å²) in [4.78, 5) is 2.50. The minimum Gasteiger partial charge on any atom is -0.313 e. The molecule has 0 aromatic rings. The van der Waals surface area contributed by atoms with Crippen LogP contribution in [0.4, 0.5) is 0 Å². The zero-order chi connectivity index (χ0) is 11.5. The highest BCUT2D eigenvalue weighted by Gasteiger charge is 2.45. The summed E-state index contributed by atoms with van der Waals surface area (Å²) in [6.45, 7) is 11.6. The standard InChI is InChI=1S/C14H28N2/c1-4-16(5-2)10-11(3)15-9-12-6-13-8-14(13)7-12/h11-15H,4-10H2,1-3H3. The number of likely N-dealkylation sites (N-methyl/N-ethyl adjacent to an activating group) is 1. The van der Waals surface area contributed by atoms with Crippen LogP contribution in [0.2, 0.25) is 0 Å². The van der Waals surface area contributed by atoms with E-state index in [1.807, 2.05) is 0 Å². The predicted molar refractivity (Wildman–Crippen MR) is 69.6 cm³/mol. The molecule has 2 aliphatic carbocycles. The van der Waals surface area contributed by atoms with E-state index in [-0.39, 0.29) is 0 Å². The molecule has 0 radical (unpaired) electrons. The van der Waals surface area contributed by atoms with Gasteiger partial charge in [-0.1, -0.05) is 13.8 Å². The van der Waals surface area contributed by atoms with E-state index in [2.05, 4.69) is 31.0 Å². The molecule has 16 heavy (non-hydrogen) atoms. The van der Waals surface area contributed by atoms with E-state index in [1.165, 1.54) is 39.0 Å². The topological polar surface area (TPSA) is 15.3 Å². The second kappa shape index (κ2) is 5.50. The first-order chi connectivity index (χ1) is 7.72. The molecule has 2 fully saturated rings. The van der Waals surface area contributed by atoms with Gasteiger partial charge in [0.15, 0.2) is 0 Å². The molecule has 0 amide bonds. The summed E-state index contributed by atoms with van der Waals surface area (Å²) in [7, 11) is 0. The lowest BCUT2D eigenvalue weighted by Gasteiger charge is -2.24. The van der Waals surface area contributed by atoms with Crippen molar-refractivity contribution in [1.82, 2.24) is 10.2 Å². The third-order valence-corrected chi connectivity index (χ3v) is 4.52. The van der Waals surface area contributed by atoms with Crippen LogP contribution >= 0.6 is 0 Å². The van der Waals surface area contributed by atoms with Gasteiger partial charge in [0.05, 0.1) is 0 Å². The minimum absolute atomic E-state index is 0.650. The summed E-state index contributed by atoms with van der Waals surface area (Å²) in [6.07, 6.45) is 4.57. The maximum atomic E-state index is 3.72. The molecule has 2 saturated carbocycles. The van der Waals surface area contributed by atoms with Crippen molar-refractivity contribution in [3.8, 4) is 0 Å². The van der Waals surface area contributed by atoms with Gasteiger partial charge in [0.2, 0.25) is 0 Å². The molecule has 0 aliphatic heterocycles. The summed E-state index contributed by atoms with van der Waals surface area (Å²) >= 11 is 0. The number of rotatable bonds is 7. The summed E-state index contributed by atoms with van der Waals surface area (Å²) in [5.74, 6) is 3.25. The van der Waals surface area contributed by atoms with Gasteiger partial charge in [-0.15, -0.1) is 0 Å². The van der Waals surface area contributed by atoms with E-state index in [0.29, 0.717) is 6.04 Å². The number of hydrogen-bond acceptors (Lipinski definition) is 2. The number of nitrogens with one attached hydrogen (secondary N) is 1. The van der Waals surface area contributed by atoms with Crippen molar-refractivity contribution in [3.05, 3.63) is 0 Å². The first-order valence-corrected chi connectivity index (χ1v) is 7.18. The van der Waals surface area contributed by atoms with Crippen molar-refractivity contribution in [2.75, 3.05) is 26.2 Å². The molecule has 0 aromatic heterocycles. The van der Waals surface area contributed by atoms with Crippen molar-refractivity contribution in [3.63, 3.8) is 0 Å².